The minimum Gasteiger partial charge on any atom is -0.478 e. The summed E-state index contributed by atoms with van der Waals surface area (Å²) < 4.78 is 11.3. The summed E-state index contributed by atoms with van der Waals surface area (Å²) >= 11 is 7.52. The molecule has 0 unspecified atom stereocenters. The smallest absolute Gasteiger partial charge is 0.415 e. The first-order valence-corrected chi connectivity index (χ1v) is 13.6. The molecule has 3 aromatic rings. The van der Waals surface area contributed by atoms with Gasteiger partial charge in [0.25, 0.3) is 0 Å². The number of carboxylic acid groups (broad SMARTS) is 1. The molecule has 0 saturated carbocycles. The van der Waals surface area contributed by atoms with Crippen molar-refractivity contribution < 1.29 is 29.0 Å². The molecule has 0 spiro atoms. The van der Waals surface area contributed by atoms with Gasteiger partial charge in [-0.05, 0) is 74.2 Å². The second-order valence-electron chi connectivity index (χ2n) is 9.52. The van der Waals surface area contributed by atoms with Gasteiger partial charge in [-0.3, -0.25) is 4.79 Å². The molecular weight excluding hydrogens is 526 g/mol. The number of hydrogen-bond acceptors (Lipinski definition) is 6. The van der Waals surface area contributed by atoms with Crippen LogP contribution in [0.25, 0.3) is 0 Å². The van der Waals surface area contributed by atoms with Crippen LogP contribution in [0.5, 0.6) is 11.5 Å². The van der Waals surface area contributed by atoms with Crippen LogP contribution in [0.4, 0.5) is 4.79 Å². The maximum absolute atomic E-state index is 13.7. The quantitative estimate of drug-likeness (QED) is 0.255. The van der Waals surface area contributed by atoms with Gasteiger partial charge in [-0.15, -0.1) is 11.8 Å². The second kappa shape index (κ2) is 11.5. The van der Waals surface area contributed by atoms with E-state index in [1.54, 1.807) is 66.4 Å². The summed E-state index contributed by atoms with van der Waals surface area (Å²) in [6.45, 7) is 3.36. The fourth-order valence-electron chi connectivity index (χ4n) is 4.34. The average molecular weight is 554 g/mol. The summed E-state index contributed by atoms with van der Waals surface area (Å²) in [7, 11) is 0. The summed E-state index contributed by atoms with van der Waals surface area (Å²) in [5, 5.41) is 9.98. The van der Waals surface area contributed by atoms with Crippen molar-refractivity contribution in [1.29, 1.82) is 0 Å². The van der Waals surface area contributed by atoms with Crippen molar-refractivity contribution in [2.24, 2.45) is 5.92 Å². The number of likely N-dealkylation sites (tertiary alicyclic amines) is 1. The van der Waals surface area contributed by atoms with E-state index in [2.05, 4.69) is 0 Å². The van der Waals surface area contributed by atoms with E-state index < -0.39 is 23.6 Å². The van der Waals surface area contributed by atoms with Crippen molar-refractivity contribution in [3.63, 3.8) is 0 Å². The van der Waals surface area contributed by atoms with Crippen LogP contribution in [0.3, 0.4) is 0 Å². The van der Waals surface area contributed by atoms with Gasteiger partial charge in [0.1, 0.15) is 11.5 Å². The Morgan fingerprint density at radius 1 is 0.974 bits per heavy atom. The molecule has 1 aliphatic heterocycles. The Labute approximate surface area is 230 Å². The van der Waals surface area contributed by atoms with Crippen LogP contribution >= 0.6 is 23.4 Å². The first-order valence-electron chi connectivity index (χ1n) is 12.0. The van der Waals surface area contributed by atoms with Crippen molar-refractivity contribution in [3.05, 3.63) is 88.9 Å². The SMILES string of the molecule is CSc1ccc(C(=O)[C@@H]2CN(C(=O)Oc3ccc(Cl)cc3)C[C@H]2c2cccc(OC(C)(C)C(=O)O)c2)cc1. The second-order valence-corrected chi connectivity index (χ2v) is 10.8. The average Bonchev–Trinajstić information content (AvgIpc) is 3.35. The molecule has 0 radical (unpaired) electrons. The van der Waals surface area contributed by atoms with Gasteiger partial charge in [0, 0.05) is 40.4 Å². The molecule has 7 nitrogen and oxygen atoms in total. The number of thioether (sulfide) groups is 1. The number of rotatable bonds is 8. The number of aliphatic carboxylic acids is 1. The van der Waals surface area contributed by atoms with Crippen molar-refractivity contribution >= 4 is 41.2 Å². The lowest BCUT2D eigenvalue weighted by Crippen LogP contribution is -2.37. The zero-order chi connectivity index (χ0) is 27.4. The highest BCUT2D eigenvalue weighted by Crippen LogP contribution is 2.37. The third-order valence-electron chi connectivity index (χ3n) is 6.48. The van der Waals surface area contributed by atoms with Crippen molar-refractivity contribution in [2.45, 2.75) is 30.3 Å². The van der Waals surface area contributed by atoms with Gasteiger partial charge < -0.3 is 19.5 Å². The highest BCUT2D eigenvalue weighted by atomic mass is 35.5. The summed E-state index contributed by atoms with van der Waals surface area (Å²) in [6, 6.07) is 20.9. The third-order valence-corrected chi connectivity index (χ3v) is 7.48. The number of carbonyl (C=O) groups excluding carboxylic acids is 2. The molecule has 9 heteroatoms. The van der Waals surface area contributed by atoms with E-state index in [-0.39, 0.29) is 24.8 Å². The molecule has 1 fully saturated rings. The predicted octanol–water partition coefficient (Wildman–Crippen LogP) is 6.40. The van der Waals surface area contributed by atoms with Crippen LogP contribution in [0, 0.1) is 5.92 Å². The molecule has 0 aliphatic carbocycles. The summed E-state index contributed by atoms with van der Waals surface area (Å²) in [5.74, 6) is -1.34. The van der Waals surface area contributed by atoms with E-state index in [1.807, 2.05) is 24.5 Å². The number of Topliss-reactive ketones (excluding diaryl/α,β-unsaturated/α-hetero) is 1. The Bertz CT molecular complexity index is 1330. The summed E-state index contributed by atoms with van der Waals surface area (Å²) in [4.78, 5) is 40.9. The molecule has 198 valence electrons. The van der Waals surface area contributed by atoms with E-state index in [0.717, 1.165) is 10.5 Å². The zero-order valence-corrected chi connectivity index (χ0v) is 22.8. The van der Waals surface area contributed by atoms with Crippen LogP contribution in [-0.2, 0) is 4.79 Å². The first kappa shape index (κ1) is 27.5. The lowest BCUT2D eigenvalue weighted by Gasteiger charge is -2.23. The molecule has 2 atom stereocenters. The molecule has 1 amide bonds. The fourth-order valence-corrected chi connectivity index (χ4v) is 4.87. The van der Waals surface area contributed by atoms with Crippen molar-refractivity contribution in [1.82, 2.24) is 4.90 Å². The van der Waals surface area contributed by atoms with Gasteiger partial charge in [0.05, 0.1) is 0 Å². The number of carboxylic acids is 1. The topological polar surface area (TPSA) is 93.1 Å². The number of ether oxygens (including phenoxy) is 2. The Balaban J connectivity index is 1.62. The zero-order valence-electron chi connectivity index (χ0n) is 21.2. The Morgan fingerprint density at radius 2 is 1.66 bits per heavy atom. The monoisotopic (exact) mass is 553 g/mol. The van der Waals surface area contributed by atoms with Crippen molar-refractivity contribution in [2.75, 3.05) is 19.3 Å². The van der Waals surface area contributed by atoms with Gasteiger partial charge in [-0.2, -0.15) is 0 Å². The normalized spacial score (nSPS) is 17.2. The van der Waals surface area contributed by atoms with Gasteiger partial charge in [0.2, 0.25) is 0 Å². The minimum atomic E-state index is -1.43. The highest BCUT2D eigenvalue weighted by Gasteiger charge is 2.41. The van der Waals surface area contributed by atoms with E-state index >= 15 is 0 Å². The molecule has 1 N–H and O–H groups in total. The molecule has 1 aliphatic rings. The van der Waals surface area contributed by atoms with Crippen LogP contribution in [0.1, 0.15) is 35.7 Å². The van der Waals surface area contributed by atoms with E-state index in [0.29, 0.717) is 22.1 Å². The van der Waals surface area contributed by atoms with Gasteiger partial charge in [-0.1, -0.05) is 35.9 Å². The number of carbonyl (C=O) groups is 3. The Morgan fingerprint density at radius 3 is 2.29 bits per heavy atom. The number of amides is 1. The maximum atomic E-state index is 13.7. The molecule has 4 rings (SSSR count). The van der Waals surface area contributed by atoms with Crippen LogP contribution < -0.4 is 9.47 Å². The Hall–Kier alpha value is -3.49. The highest BCUT2D eigenvalue weighted by molar-refractivity contribution is 7.98. The molecule has 38 heavy (non-hydrogen) atoms. The first-order chi connectivity index (χ1) is 18.1. The van der Waals surface area contributed by atoms with Gasteiger partial charge in [-0.25, -0.2) is 9.59 Å². The largest absolute Gasteiger partial charge is 0.478 e. The number of nitrogens with zero attached hydrogens (tertiary/aromatic N) is 1. The number of halogens is 1. The molecule has 1 heterocycles. The van der Waals surface area contributed by atoms with E-state index in [4.69, 9.17) is 21.1 Å². The van der Waals surface area contributed by atoms with Gasteiger partial charge in [0.15, 0.2) is 11.4 Å². The lowest BCUT2D eigenvalue weighted by molar-refractivity contribution is -0.152. The lowest BCUT2D eigenvalue weighted by atomic mass is 9.84. The standard InChI is InChI=1S/C29H28ClNO6S/c1-29(2,27(33)34)37-22-6-4-5-19(15-22)24-16-31(28(35)36-21-11-9-20(30)10-12-21)17-25(24)26(32)18-7-13-23(38-3)14-8-18/h4-15,24-25H,16-17H2,1-3H3,(H,33,34)/t24-,25+/m0/s1. The summed E-state index contributed by atoms with van der Waals surface area (Å²) in [6.07, 6.45) is 1.40. The molecule has 0 aromatic heterocycles. The predicted molar refractivity (Wildman–Crippen MR) is 147 cm³/mol. The van der Waals surface area contributed by atoms with Crippen molar-refractivity contribution in [3.8, 4) is 11.5 Å². The molecule has 3 aromatic carbocycles. The van der Waals surface area contributed by atoms with Gasteiger partial charge >= 0.3 is 12.1 Å². The molecular formula is C29H28ClNO6S. The molecule has 0 bridgehead atoms. The Kier molecular flexibility index (Phi) is 8.33. The number of hydrogen-bond donors (Lipinski definition) is 1. The van der Waals surface area contributed by atoms with E-state index in [1.165, 1.54) is 18.7 Å². The van der Waals surface area contributed by atoms with E-state index in [9.17, 15) is 19.5 Å². The third kappa shape index (κ3) is 6.31. The van der Waals surface area contributed by atoms with Crippen LogP contribution in [0.2, 0.25) is 5.02 Å². The summed E-state index contributed by atoms with van der Waals surface area (Å²) in [5.41, 5.74) is -0.105. The number of benzene rings is 3. The van der Waals surface area contributed by atoms with Crippen LogP contribution in [-0.4, -0.2) is 52.8 Å². The van der Waals surface area contributed by atoms with Crippen LogP contribution in [0.15, 0.2) is 77.7 Å². The minimum absolute atomic E-state index is 0.0818. The molecule has 1 saturated heterocycles. The fraction of sp³-hybridized carbons (Fsp3) is 0.276. The number of ketones is 1. The maximum Gasteiger partial charge on any atom is 0.415 e.